The Morgan fingerprint density at radius 3 is 2.88 bits per heavy atom. The van der Waals surface area contributed by atoms with Crippen LogP contribution >= 0.6 is 22.9 Å². The Bertz CT molecular complexity index is 728. The normalized spacial score (nSPS) is 16.9. The predicted octanol–water partition coefficient (Wildman–Crippen LogP) is 3.44. The Morgan fingerprint density at radius 2 is 2.17 bits per heavy atom. The Labute approximate surface area is 149 Å². The number of thiazole rings is 1. The molecule has 1 saturated heterocycles. The number of hydrogen-bond acceptors (Lipinski definition) is 6. The highest BCUT2D eigenvalue weighted by molar-refractivity contribution is 7.18. The summed E-state index contributed by atoms with van der Waals surface area (Å²) in [6.07, 6.45) is 3.98. The first kappa shape index (κ1) is 17.3. The van der Waals surface area contributed by atoms with Crippen LogP contribution < -0.4 is 0 Å². The first-order valence-corrected chi connectivity index (χ1v) is 9.28. The minimum atomic E-state index is -0.465. The SMILES string of the molecule is O=CCC(OC(=O)Cc1nc2c(Cl)cccc2s1)N1CCCCC1. The van der Waals surface area contributed by atoms with Crippen molar-refractivity contribution >= 4 is 45.4 Å². The number of hydrogen-bond donors (Lipinski definition) is 0. The minimum Gasteiger partial charge on any atom is -0.446 e. The summed E-state index contributed by atoms with van der Waals surface area (Å²) in [4.78, 5) is 29.7. The van der Waals surface area contributed by atoms with E-state index < -0.39 is 6.23 Å². The lowest BCUT2D eigenvalue weighted by Gasteiger charge is -2.32. The molecule has 0 aliphatic carbocycles. The maximum atomic E-state index is 12.3. The number of benzene rings is 1. The van der Waals surface area contributed by atoms with E-state index in [4.69, 9.17) is 16.3 Å². The maximum Gasteiger partial charge on any atom is 0.314 e. The molecule has 0 amide bonds. The van der Waals surface area contributed by atoms with E-state index in [1.165, 1.54) is 17.8 Å². The lowest BCUT2D eigenvalue weighted by atomic mass is 10.1. The van der Waals surface area contributed by atoms with Gasteiger partial charge in [0.2, 0.25) is 0 Å². The summed E-state index contributed by atoms with van der Waals surface area (Å²) in [6.45, 7) is 1.73. The second-order valence-corrected chi connectivity index (χ2v) is 7.34. The smallest absolute Gasteiger partial charge is 0.314 e. The molecule has 2 aromatic rings. The third-order valence-electron chi connectivity index (χ3n) is 4.07. The van der Waals surface area contributed by atoms with E-state index in [0.29, 0.717) is 15.5 Å². The summed E-state index contributed by atoms with van der Waals surface area (Å²) in [5.74, 6) is -0.359. The van der Waals surface area contributed by atoms with Gasteiger partial charge in [-0.3, -0.25) is 9.69 Å². The van der Waals surface area contributed by atoms with Crippen molar-refractivity contribution < 1.29 is 14.3 Å². The molecule has 1 fully saturated rings. The molecule has 0 saturated carbocycles. The van der Waals surface area contributed by atoms with E-state index in [0.717, 1.165) is 36.9 Å². The van der Waals surface area contributed by atoms with Crippen molar-refractivity contribution in [1.82, 2.24) is 9.88 Å². The average molecular weight is 367 g/mol. The number of carbonyl (C=O) groups excluding carboxylic acids is 2. The molecule has 0 bridgehead atoms. The van der Waals surface area contributed by atoms with Crippen molar-refractivity contribution in [3.8, 4) is 0 Å². The van der Waals surface area contributed by atoms with Crippen LogP contribution in [0.1, 0.15) is 30.7 Å². The van der Waals surface area contributed by atoms with Crippen LogP contribution in [-0.2, 0) is 20.7 Å². The summed E-state index contributed by atoms with van der Waals surface area (Å²) in [5, 5.41) is 1.25. The Balaban J connectivity index is 1.65. The molecule has 1 aromatic carbocycles. The van der Waals surface area contributed by atoms with Crippen molar-refractivity contribution in [2.24, 2.45) is 0 Å². The number of nitrogens with zero attached hydrogens (tertiary/aromatic N) is 2. The summed E-state index contributed by atoms with van der Waals surface area (Å²) >= 11 is 7.55. The lowest BCUT2D eigenvalue weighted by molar-refractivity contribution is -0.160. The molecular weight excluding hydrogens is 348 g/mol. The molecule has 1 aromatic heterocycles. The Hall–Kier alpha value is -1.50. The molecule has 1 aliphatic rings. The van der Waals surface area contributed by atoms with E-state index in [2.05, 4.69) is 9.88 Å². The summed E-state index contributed by atoms with van der Waals surface area (Å²) in [7, 11) is 0. The van der Waals surface area contributed by atoms with Gasteiger partial charge in [-0.1, -0.05) is 24.1 Å². The van der Waals surface area contributed by atoms with Gasteiger partial charge in [0.1, 0.15) is 16.8 Å². The summed E-state index contributed by atoms with van der Waals surface area (Å²) < 4.78 is 6.50. The van der Waals surface area contributed by atoms with Gasteiger partial charge in [-0.2, -0.15) is 0 Å². The van der Waals surface area contributed by atoms with Crippen molar-refractivity contribution in [3.05, 3.63) is 28.2 Å². The number of esters is 1. The van der Waals surface area contributed by atoms with Crippen LogP contribution in [0.5, 0.6) is 0 Å². The fourth-order valence-corrected chi connectivity index (χ4v) is 4.17. The van der Waals surface area contributed by atoms with Crippen LogP contribution in [0.3, 0.4) is 0 Å². The zero-order valence-corrected chi connectivity index (χ0v) is 14.8. The number of aromatic nitrogens is 1. The second kappa shape index (κ2) is 8.05. The van der Waals surface area contributed by atoms with Crippen LogP contribution in [0.15, 0.2) is 18.2 Å². The van der Waals surface area contributed by atoms with E-state index in [-0.39, 0.29) is 18.8 Å². The highest BCUT2D eigenvalue weighted by Crippen LogP contribution is 2.28. The molecular formula is C17H19ClN2O3S. The molecule has 5 nitrogen and oxygen atoms in total. The fraction of sp³-hybridized carbons (Fsp3) is 0.471. The number of likely N-dealkylation sites (tertiary alicyclic amines) is 1. The Kier molecular flexibility index (Phi) is 5.81. The first-order valence-electron chi connectivity index (χ1n) is 8.08. The standard InChI is InChI=1S/C17H19ClN2O3S/c18-12-5-4-6-13-17(12)19-14(24-13)11-16(22)23-15(7-10-21)20-8-2-1-3-9-20/h4-6,10,15H,1-3,7-9,11H2. The zero-order chi connectivity index (χ0) is 16.9. The van der Waals surface area contributed by atoms with Crippen LogP contribution in [0, 0.1) is 0 Å². The predicted molar refractivity (Wildman–Crippen MR) is 94.3 cm³/mol. The van der Waals surface area contributed by atoms with Crippen molar-refractivity contribution in [2.75, 3.05) is 13.1 Å². The highest BCUT2D eigenvalue weighted by atomic mass is 35.5. The number of aldehydes is 1. The van der Waals surface area contributed by atoms with Crippen molar-refractivity contribution in [1.29, 1.82) is 0 Å². The molecule has 128 valence electrons. The zero-order valence-electron chi connectivity index (χ0n) is 13.2. The van der Waals surface area contributed by atoms with Gasteiger partial charge in [0.05, 0.1) is 22.6 Å². The number of carbonyl (C=O) groups is 2. The molecule has 1 aliphatic heterocycles. The number of ether oxygens (including phenoxy) is 1. The molecule has 1 atom stereocenters. The van der Waals surface area contributed by atoms with Gasteiger partial charge >= 0.3 is 5.97 Å². The number of rotatable bonds is 6. The van der Waals surface area contributed by atoms with Gasteiger partial charge < -0.3 is 9.53 Å². The van der Waals surface area contributed by atoms with Crippen LogP contribution in [-0.4, -0.2) is 41.5 Å². The third-order valence-corrected chi connectivity index (χ3v) is 5.40. The molecule has 24 heavy (non-hydrogen) atoms. The van der Waals surface area contributed by atoms with Gasteiger partial charge in [0.15, 0.2) is 6.23 Å². The van der Waals surface area contributed by atoms with E-state index in [1.54, 1.807) is 6.07 Å². The monoisotopic (exact) mass is 366 g/mol. The number of fused-ring (bicyclic) bond motifs is 1. The lowest BCUT2D eigenvalue weighted by Crippen LogP contribution is -2.42. The molecule has 3 rings (SSSR count). The van der Waals surface area contributed by atoms with Gasteiger partial charge in [-0.15, -0.1) is 11.3 Å². The van der Waals surface area contributed by atoms with E-state index in [1.807, 2.05) is 12.1 Å². The van der Waals surface area contributed by atoms with Gasteiger partial charge in [0.25, 0.3) is 0 Å². The molecule has 7 heteroatoms. The largest absolute Gasteiger partial charge is 0.446 e. The second-order valence-electron chi connectivity index (χ2n) is 5.81. The quantitative estimate of drug-likeness (QED) is 0.579. The molecule has 2 heterocycles. The van der Waals surface area contributed by atoms with Crippen molar-refractivity contribution in [3.63, 3.8) is 0 Å². The number of halogens is 1. The summed E-state index contributed by atoms with van der Waals surface area (Å²) in [5.41, 5.74) is 0.715. The number of para-hydroxylation sites is 1. The molecule has 0 N–H and O–H groups in total. The van der Waals surface area contributed by atoms with E-state index in [9.17, 15) is 9.59 Å². The summed E-state index contributed by atoms with van der Waals surface area (Å²) in [6, 6.07) is 5.57. The van der Waals surface area contributed by atoms with Crippen molar-refractivity contribution in [2.45, 2.75) is 38.3 Å². The van der Waals surface area contributed by atoms with Gasteiger partial charge in [-0.05, 0) is 25.0 Å². The minimum absolute atomic E-state index is 0.0961. The maximum absolute atomic E-state index is 12.3. The average Bonchev–Trinajstić information content (AvgIpc) is 2.99. The third kappa shape index (κ3) is 4.12. The van der Waals surface area contributed by atoms with Gasteiger partial charge in [0, 0.05) is 13.1 Å². The molecule has 0 spiro atoms. The molecule has 0 radical (unpaired) electrons. The van der Waals surface area contributed by atoms with Crippen LogP contribution in [0.25, 0.3) is 10.2 Å². The van der Waals surface area contributed by atoms with Crippen LogP contribution in [0.4, 0.5) is 0 Å². The highest BCUT2D eigenvalue weighted by Gasteiger charge is 2.24. The Morgan fingerprint density at radius 1 is 1.38 bits per heavy atom. The molecule has 1 unspecified atom stereocenters. The van der Waals surface area contributed by atoms with Crippen LogP contribution in [0.2, 0.25) is 5.02 Å². The van der Waals surface area contributed by atoms with E-state index >= 15 is 0 Å². The fourth-order valence-electron chi connectivity index (χ4n) is 2.91. The topological polar surface area (TPSA) is 59.5 Å². The van der Waals surface area contributed by atoms with Gasteiger partial charge in [-0.25, -0.2) is 4.98 Å². The first-order chi connectivity index (χ1) is 11.7. The number of piperidine rings is 1.